The average molecular weight is 453 g/mol. The molecule has 5 rings (SSSR count). The van der Waals surface area contributed by atoms with E-state index in [-0.39, 0.29) is 17.6 Å². The first-order valence-corrected chi connectivity index (χ1v) is 11.3. The summed E-state index contributed by atoms with van der Waals surface area (Å²) in [5.74, 6) is 1.16. The lowest BCUT2D eigenvalue weighted by Crippen LogP contribution is -2.32. The summed E-state index contributed by atoms with van der Waals surface area (Å²) in [4.78, 5) is 22.9. The van der Waals surface area contributed by atoms with Crippen LogP contribution in [0, 0.1) is 11.7 Å². The van der Waals surface area contributed by atoms with Crippen LogP contribution in [0.3, 0.4) is 0 Å². The Hall–Kier alpha value is -3.40. The number of hydrogen-bond acceptors (Lipinski definition) is 7. The normalized spacial score (nSPS) is 14.6. The second-order valence-corrected chi connectivity index (χ2v) is 9.03. The van der Waals surface area contributed by atoms with Gasteiger partial charge in [-0.1, -0.05) is 25.1 Å². The summed E-state index contributed by atoms with van der Waals surface area (Å²) in [7, 11) is 0. The lowest BCUT2D eigenvalue weighted by atomic mass is 10.0. The maximum absolute atomic E-state index is 13.4. The fraction of sp³-hybridized carbons (Fsp3) is 0.318. The van der Waals surface area contributed by atoms with Gasteiger partial charge in [0.2, 0.25) is 11.7 Å². The first-order chi connectivity index (χ1) is 15.5. The number of carbonyl (C=O) groups is 1. The molecule has 1 atom stereocenters. The van der Waals surface area contributed by atoms with E-state index < -0.39 is 11.9 Å². The van der Waals surface area contributed by atoms with Gasteiger partial charge in [-0.15, -0.1) is 16.4 Å². The van der Waals surface area contributed by atoms with Crippen molar-refractivity contribution >= 4 is 17.2 Å². The predicted octanol–water partition coefficient (Wildman–Crippen LogP) is 4.52. The van der Waals surface area contributed by atoms with Crippen LogP contribution in [-0.4, -0.2) is 30.8 Å². The molecular formula is C22H21FN6O2S. The first-order valence-electron chi connectivity index (χ1n) is 10.4. The number of nitrogens with zero attached hydrogens (tertiary/aromatic N) is 5. The zero-order chi connectivity index (χ0) is 22.2. The minimum Gasteiger partial charge on any atom is -0.337 e. The molecule has 1 unspecified atom stereocenters. The third-order valence-electron chi connectivity index (χ3n) is 5.24. The smallest absolute Gasteiger partial charge is 0.291 e. The molecule has 0 spiro atoms. The standard InChI is InChI=1S/C22H21FN6O2S/c1-12(2)17(22-26-18(28-31-22)13-5-6-13)24-21(30)19-25-20(16-4-3-11-32-16)29(27-19)15-9-7-14(23)8-10-15/h3-4,7-13,17H,5-6H2,1-2H3,(H,24,30). The summed E-state index contributed by atoms with van der Waals surface area (Å²) in [5.41, 5.74) is 0.604. The van der Waals surface area contributed by atoms with E-state index in [9.17, 15) is 9.18 Å². The summed E-state index contributed by atoms with van der Waals surface area (Å²) in [6, 6.07) is 9.20. The van der Waals surface area contributed by atoms with Gasteiger partial charge in [0.25, 0.3) is 5.91 Å². The van der Waals surface area contributed by atoms with Gasteiger partial charge in [-0.3, -0.25) is 4.79 Å². The summed E-state index contributed by atoms with van der Waals surface area (Å²) in [5, 5.41) is 13.3. The SMILES string of the molecule is CC(C)C(NC(=O)c1nc(-c2cccs2)n(-c2ccc(F)cc2)n1)c1nc(C2CC2)no1. The van der Waals surface area contributed by atoms with Gasteiger partial charge >= 0.3 is 0 Å². The Labute approximate surface area is 187 Å². The fourth-order valence-corrected chi connectivity index (χ4v) is 4.03. The molecule has 0 aliphatic heterocycles. The highest BCUT2D eigenvalue weighted by molar-refractivity contribution is 7.13. The Bertz CT molecular complexity index is 1230. The third kappa shape index (κ3) is 4.05. The Kier molecular flexibility index (Phi) is 5.30. The van der Waals surface area contributed by atoms with Crippen LogP contribution in [-0.2, 0) is 0 Å². The van der Waals surface area contributed by atoms with Gasteiger partial charge < -0.3 is 9.84 Å². The van der Waals surface area contributed by atoms with Gasteiger partial charge in [0.1, 0.15) is 11.9 Å². The van der Waals surface area contributed by atoms with Crippen molar-refractivity contribution < 1.29 is 13.7 Å². The second-order valence-electron chi connectivity index (χ2n) is 8.08. The molecule has 0 bridgehead atoms. The number of benzene rings is 1. The number of amides is 1. The van der Waals surface area contributed by atoms with Crippen molar-refractivity contribution in [3.63, 3.8) is 0 Å². The molecule has 8 nitrogen and oxygen atoms in total. The number of hydrogen-bond donors (Lipinski definition) is 1. The highest BCUT2D eigenvalue weighted by Gasteiger charge is 2.32. The number of halogens is 1. The van der Waals surface area contributed by atoms with E-state index in [0.29, 0.717) is 29.1 Å². The molecular weight excluding hydrogens is 431 g/mol. The minimum absolute atomic E-state index is 0.00491. The number of nitrogens with one attached hydrogen (secondary N) is 1. The molecule has 1 N–H and O–H groups in total. The maximum Gasteiger partial charge on any atom is 0.291 e. The van der Waals surface area contributed by atoms with Gasteiger partial charge in [-0.05, 0) is 54.5 Å². The van der Waals surface area contributed by atoms with Crippen LogP contribution in [0.5, 0.6) is 0 Å². The average Bonchev–Trinajstić information content (AvgIpc) is 3.19. The molecule has 164 valence electrons. The van der Waals surface area contributed by atoms with Crippen molar-refractivity contribution in [2.75, 3.05) is 0 Å². The molecule has 1 aliphatic rings. The fourth-order valence-electron chi connectivity index (χ4n) is 3.34. The van der Waals surface area contributed by atoms with Crippen molar-refractivity contribution in [2.24, 2.45) is 5.92 Å². The Morgan fingerprint density at radius 3 is 2.66 bits per heavy atom. The lowest BCUT2D eigenvalue weighted by Gasteiger charge is -2.17. The number of rotatable bonds is 7. The molecule has 3 aromatic heterocycles. The van der Waals surface area contributed by atoms with Gasteiger partial charge in [0.05, 0.1) is 10.6 Å². The van der Waals surface area contributed by atoms with E-state index in [1.807, 2.05) is 31.4 Å². The molecule has 1 aromatic carbocycles. The molecule has 1 saturated carbocycles. The number of thiophene rings is 1. The topological polar surface area (TPSA) is 98.7 Å². The van der Waals surface area contributed by atoms with Gasteiger partial charge in [-0.2, -0.15) is 4.98 Å². The van der Waals surface area contributed by atoms with Gasteiger partial charge in [0.15, 0.2) is 11.6 Å². The summed E-state index contributed by atoms with van der Waals surface area (Å²) in [6.45, 7) is 3.93. The molecule has 0 radical (unpaired) electrons. The van der Waals surface area contributed by atoms with Crippen molar-refractivity contribution in [1.29, 1.82) is 0 Å². The van der Waals surface area contributed by atoms with Crippen molar-refractivity contribution in [1.82, 2.24) is 30.2 Å². The Morgan fingerprint density at radius 2 is 2.00 bits per heavy atom. The van der Waals surface area contributed by atoms with E-state index in [4.69, 9.17) is 4.52 Å². The molecule has 3 heterocycles. The minimum atomic E-state index is -0.467. The van der Waals surface area contributed by atoms with E-state index >= 15 is 0 Å². The van der Waals surface area contributed by atoms with Gasteiger partial charge in [-0.25, -0.2) is 14.1 Å². The quantitative estimate of drug-likeness (QED) is 0.443. The van der Waals surface area contributed by atoms with Crippen LogP contribution in [0.1, 0.15) is 61.0 Å². The maximum atomic E-state index is 13.4. The van der Waals surface area contributed by atoms with E-state index in [1.54, 1.807) is 16.8 Å². The molecule has 4 aromatic rings. The van der Waals surface area contributed by atoms with Crippen molar-refractivity contribution in [3.8, 4) is 16.4 Å². The zero-order valence-corrected chi connectivity index (χ0v) is 18.3. The Balaban J connectivity index is 1.45. The molecule has 10 heteroatoms. The highest BCUT2D eigenvalue weighted by Crippen LogP contribution is 2.38. The molecule has 1 amide bonds. The van der Waals surface area contributed by atoms with Crippen LogP contribution >= 0.6 is 11.3 Å². The van der Waals surface area contributed by atoms with Crippen LogP contribution in [0.4, 0.5) is 4.39 Å². The monoisotopic (exact) mass is 452 g/mol. The summed E-state index contributed by atoms with van der Waals surface area (Å²) >= 11 is 1.48. The lowest BCUT2D eigenvalue weighted by molar-refractivity contribution is 0.0903. The summed E-state index contributed by atoms with van der Waals surface area (Å²) < 4.78 is 20.4. The highest BCUT2D eigenvalue weighted by atomic mass is 32.1. The molecule has 1 aliphatic carbocycles. The predicted molar refractivity (Wildman–Crippen MR) is 116 cm³/mol. The molecule has 0 saturated heterocycles. The van der Waals surface area contributed by atoms with E-state index in [2.05, 4.69) is 25.5 Å². The largest absolute Gasteiger partial charge is 0.337 e. The van der Waals surface area contributed by atoms with Crippen molar-refractivity contribution in [3.05, 3.63) is 65.1 Å². The molecule has 1 fully saturated rings. The van der Waals surface area contributed by atoms with Crippen LogP contribution in [0.15, 0.2) is 46.3 Å². The van der Waals surface area contributed by atoms with Gasteiger partial charge in [0, 0.05) is 5.92 Å². The summed E-state index contributed by atoms with van der Waals surface area (Å²) in [6.07, 6.45) is 2.13. The van der Waals surface area contributed by atoms with Crippen LogP contribution < -0.4 is 5.32 Å². The number of carbonyl (C=O) groups excluding carboxylic acids is 1. The molecule has 32 heavy (non-hydrogen) atoms. The number of aromatic nitrogens is 5. The Morgan fingerprint density at radius 1 is 1.22 bits per heavy atom. The van der Waals surface area contributed by atoms with Crippen LogP contribution in [0.25, 0.3) is 16.4 Å². The van der Waals surface area contributed by atoms with E-state index in [1.165, 1.54) is 23.5 Å². The first kappa shape index (κ1) is 20.5. The van der Waals surface area contributed by atoms with Crippen molar-refractivity contribution in [2.45, 2.75) is 38.6 Å². The van der Waals surface area contributed by atoms with E-state index in [0.717, 1.165) is 17.7 Å². The second kappa shape index (κ2) is 8.27. The third-order valence-corrected chi connectivity index (χ3v) is 6.11. The van der Waals surface area contributed by atoms with Crippen LogP contribution in [0.2, 0.25) is 0 Å². The zero-order valence-electron chi connectivity index (χ0n) is 17.5.